The first kappa shape index (κ1) is 17.1. The van der Waals surface area contributed by atoms with Crippen LogP contribution in [0.2, 0.25) is 0 Å². The third-order valence-corrected chi connectivity index (χ3v) is 4.82. The van der Waals surface area contributed by atoms with Gasteiger partial charge >= 0.3 is 5.76 Å². The zero-order valence-electron chi connectivity index (χ0n) is 15.0. The average molecular weight is 368 g/mol. The van der Waals surface area contributed by atoms with Gasteiger partial charge in [-0.2, -0.15) is 0 Å². The highest BCUT2D eigenvalue weighted by molar-refractivity contribution is 5.97. The van der Waals surface area contributed by atoms with Gasteiger partial charge in [0.25, 0.3) is 11.8 Å². The summed E-state index contributed by atoms with van der Waals surface area (Å²) in [7, 11) is 1.88. The monoisotopic (exact) mass is 368 g/mol. The van der Waals surface area contributed by atoms with Crippen molar-refractivity contribution >= 4 is 22.9 Å². The first-order chi connectivity index (χ1) is 13.0. The lowest BCUT2D eigenvalue weighted by Crippen LogP contribution is -2.37. The van der Waals surface area contributed by atoms with E-state index in [4.69, 9.17) is 4.42 Å². The number of fused-ring (bicyclic) bond motifs is 1. The molecule has 0 bridgehead atoms. The molecule has 1 aliphatic rings. The molecule has 1 fully saturated rings. The largest absolute Gasteiger partial charge is 0.417 e. The molecule has 1 aliphatic heterocycles. The minimum atomic E-state index is -0.542. The second-order valence-electron chi connectivity index (χ2n) is 6.73. The quantitative estimate of drug-likeness (QED) is 0.741. The smallest absolute Gasteiger partial charge is 0.408 e. The van der Waals surface area contributed by atoms with Gasteiger partial charge < -0.3 is 18.8 Å². The number of carbonyl (C=O) groups is 2. The number of nitrogens with one attached hydrogen (secondary N) is 1. The second kappa shape index (κ2) is 6.79. The van der Waals surface area contributed by atoms with Crippen LogP contribution in [-0.2, 0) is 7.05 Å². The highest BCUT2D eigenvalue weighted by Crippen LogP contribution is 2.16. The standard InChI is InChI=1S/C19H20N4O4/c1-21-8-5-14(12-21)18(25)23-7-2-6-22(9-10-23)17(24)13-3-4-16-15(11-13)20-19(26)27-16/h3-5,8,11-12H,2,6-7,9-10H2,1H3,(H,20,26). The molecule has 0 aliphatic carbocycles. The van der Waals surface area contributed by atoms with Crippen LogP contribution in [0.1, 0.15) is 27.1 Å². The summed E-state index contributed by atoms with van der Waals surface area (Å²) in [4.78, 5) is 42.9. The van der Waals surface area contributed by atoms with Crippen molar-refractivity contribution in [2.24, 2.45) is 7.05 Å². The Balaban J connectivity index is 1.47. The molecule has 3 heterocycles. The van der Waals surface area contributed by atoms with Gasteiger partial charge in [-0.1, -0.05) is 0 Å². The number of benzene rings is 1. The van der Waals surface area contributed by atoms with Gasteiger partial charge in [0.1, 0.15) is 0 Å². The first-order valence-corrected chi connectivity index (χ1v) is 8.85. The van der Waals surface area contributed by atoms with Gasteiger partial charge in [0.15, 0.2) is 5.58 Å². The van der Waals surface area contributed by atoms with Crippen LogP contribution < -0.4 is 5.76 Å². The maximum absolute atomic E-state index is 12.8. The number of aryl methyl sites for hydroxylation is 1. The van der Waals surface area contributed by atoms with Crippen molar-refractivity contribution in [2.45, 2.75) is 6.42 Å². The van der Waals surface area contributed by atoms with Crippen LogP contribution in [0.15, 0.2) is 45.9 Å². The van der Waals surface area contributed by atoms with Crippen LogP contribution >= 0.6 is 0 Å². The van der Waals surface area contributed by atoms with Crippen LogP contribution in [0.4, 0.5) is 0 Å². The van der Waals surface area contributed by atoms with E-state index in [-0.39, 0.29) is 11.8 Å². The maximum Gasteiger partial charge on any atom is 0.417 e. The zero-order chi connectivity index (χ0) is 19.0. The van der Waals surface area contributed by atoms with Gasteiger partial charge in [0.2, 0.25) is 0 Å². The van der Waals surface area contributed by atoms with Crippen molar-refractivity contribution in [2.75, 3.05) is 26.2 Å². The lowest BCUT2D eigenvalue weighted by atomic mass is 10.1. The van der Waals surface area contributed by atoms with E-state index in [0.717, 1.165) is 6.42 Å². The minimum absolute atomic E-state index is 0.0118. The fourth-order valence-corrected chi connectivity index (χ4v) is 3.40. The molecule has 8 nitrogen and oxygen atoms in total. The molecule has 0 spiro atoms. The van der Waals surface area contributed by atoms with Crippen LogP contribution in [0.25, 0.3) is 11.1 Å². The van der Waals surface area contributed by atoms with Crippen molar-refractivity contribution in [3.05, 3.63) is 58.3 Å². The summed E-state index contributed by atoms with van der Waals surface area (Å²) in [6.45, 7) is 2.16. The summed E-state index contributed by atoms with van der Waals surface area (Å²) in [5, 5.41) is 0. The summed E-state index contributed by atoms with van der Waals surface area (Å²) in [5.41, 5.74) is 2.07. The van der Waals surface area contributed by atoms with Crippen LogP contribution in [0.5, 0.6) is 0 Å². The summed E-state index contributed by atoms with van der Waals surface area (Å²) in [6, 6.07) is 6.69. The first-order valence-electron chi connectivity index (χ1n) is 8.85. The van der Waals surface area contributed by atoms with E-state index in [1.807, 2.05) is 17.8 Å². The number of hydrogen-bond donors (Lipinski definition) is 1. The summed E-state index contributed by atoms with van der Waals surface area (Å²) in [5.74, 6) is -0.672. The topological polar surface area (TPSA) is 91.6 Å². The van der Waals surface area contributed by atoms with Gasteiger partial charge in [-0.3, -0.25) is 14.6 Å². The lowest BCUT2D eigenvalue weighted by Gasteiger charge is -2.22. The Hall–Kier alpha value is -3.29. The van der Waals surface area contributed by atoms with Crippen LogP contribution in [0.3, 0.4) is 0 Å². The highest BCUT2D eigenvalue weighted by Gasteiger charge is 2.24. The Morgan fingerprint density at radius 1 is 1.00 bits per heavy atom. The number of aromatic amines is 1. The number of carbonyl (C=O) groups excluding carboxylic acids is 2. The molecule has 1 saturated heterocycles. The number of H-pyrrole nitrogens is 1. The maximum atomic E-state index is 12.8. The van der Waals surface area contributed by atoms with E-state index < -0.39 is 5.76 Å². The third-order valence-electron chi connectivity index (χ3n) is 4.82. The predicted molar refractivity (Wildman–Crippen MR) is 98.7 cm³/mol. The Kier molecular flexibility index (Phi) is 4.31. The number of rotatable bonds is 2. The average Bonchev–Trinajstić information content (AvgIpc) is 3.16. The predicted octanol–water partition coefficient (Wildman–Crippen LogP) is 1.45. The normalized spacial score (nSPS) is 15.1. The number of nitrogens with zero attached hydrogens (tertiary/aromatic N) is 3. The molecule has 8 heteroatoms. The molecule has 140 valence electrons. The van der Waals surface area contributed by atoms with E-state index in [0.29, 0.717) is 48.4 Å². The van der Waals surface area contributed by atoms with Gasteiger partial charge in [0, 0.05) is 51.2 Å². The molecule has 2 amide bonds. The van der Waals surface area contributed by atoms with Crippen molar-refractivity contribution in [3.8, 4) is 0 Å². The molecule has 0 radical (unpaired) electrons. The number of aromatic nitrogens is 2. The third kappa shape index (κ3) is 3.38. The van der Waals surface area contributed by atoms with E-state index in [9.17, 15) is 14.4 Å². The summed E-state index contributed by atoms with van der Waals surface area (Å²) < 4.78 is 6.81. The Labute approximate surface area is 155 Å². The zero-order valence-corrected chi connectivity index (χ0v) is 15.0. The van der Waals surface area contributed by atoms with Crippen molar-refractivity contribution in [3.63, 3.8) is 0 Å². The molecule has 2 aromatic heterocycles. The molecule has 1 aromatic carbocycles. The fourth-order valence-electron chi connectivity index (χ4n) is 3.40. The molecular weight excluding hydrogens is 348 g/mol. The molecule has 27 heavy (non-hydrogen) atoms. The van der Waals surface area contributed by atoms with E-state index >= 15 is 0 Å². The molecular formula is C19H20N4O4. The molecule has 0 saturated carbocycles. The van der Waals surface area contributed by atoms with Gasteiger partial charge in [0.05, 0.1) is 11.1 Å². The minimum Gasteiger partial charge on any atom is -0.408 e. The number of amides is 2. The Morgan fingerprint density at radius 3 is 2.37 bits per heavy atom. The number of hydrogen-bond acceptors (Lipinski definition) is 4. The highest BCUT2D eigenvalue weighted by atomic mass is 16.4. The van der Waals surface area contributed by atoms with Crippen molar-refractivity contribution in [1.82, 2.24) is 19.4 Å². The van der Waals surface area contributed by atoms with Crippen molar-refractivity contribution < 1.29 is 14.0 Å². The van der Waals surface area contributed by atoms with E-state index in [2.05, 4.69) is 4.98 Å². The van der Waals surface area contributed by atoms with Gasteiger partial charge in [-0.15, -0.1) is 0 Å². The summed E-state index contributed by atoms with van der Waals surface area (Å²) >= 11 is 0. The SMILES string of the molecule is Cn1ccc(C(=O)N2CCCN(C(=O)c3ccc4oc(=O)[nH]c4c3)CC2)c1. The van der Waals surface area contributed by atoms with Crippen LogP contribution in [0, 0.1) is 0 Å². The molecule has 0 atom stereocenters. The Morgan fingerprint density at radius 2 is 1.70 bits per heavy atom. The van der Waals surface area contributed by atoms with E-state index in [1.165, 1.54) is 0 Å². The van der Waals surface area contributed by atoms with Crippen molar-refractivity contribution in [1.29, 1.82) is 0 Å². The molecule has 3 aromatic rings. The fraction of sp³-hybridized carbons (Fsp3) is 0.316. The summed E-state index contributed by atoms with van der Waals surface area (Å²) in [6.07, 6.45) is 4.36. The molecule has 1 N–H and O–H groups in total. The van der Waals surface area contributed by atoms with Gasteiger partial charge in [-0.05, 0) is 30.7 Å². The second-order valence-corrected chi connectivity index (χ2v) is 6.73. The Bertz CT molecular complexity index is 1060. The molecule has 0 unspecified atom stereocenters. The molecule has 4 rings (SSSR count). The lowest BCUT2D eigenvalue weighted by molar-refractivity contribution is 0.0719. The van der Waals surface area contributed by atoms with Crippen LogP contribution in [-0.4, -0.2) is 57.3 Å². The van der Waals surface area contributed by atoms with Gasteiger partial charge in [-0.25, -0.2) is 4.79 Å². The number of oxazole rings is 1. The van der Waals surface area contributed by atoms with E-state index in [1.54, 1.807) is 40.3 Å².